The van der Waals surface area contributed by atoms with Gasteiger partial charge in [-0.25, -0.2) is 0 Å². The molecule has 4 nitrogen and oxygen atoms in total. The molecule has 3 aromatic rings. The lowest BCUT2D eigenvalue weighted by molar-refractivity contribution is -0.117. The molecule has 154 valence electrons. The van der Waals surface area contributed by atoms with Crippen molar-refractivity contribution in [2.24, 2.45) is 0 Å². The van der Waals surface area contributed by atoms with Crippen LogP contribution < -0.4 is 10.6 Å². The van der Waals surface area contributed by atoms with Gasteiger partial charge >= 0.3 is 0 Å². The van der Waals surface area contributed by atoms with E-state index in [-0.39, 0.29) is 11.8 Å². The monoisotopic (exact) mass is 400 g/mol. The highest BCUT2D eigenvalue weighted by atomic mass is 16.2. The first-order valence-corrected chi connectivity index (χ1v) is 10.3. The Morgan fingerprint density at radius 2 is 1.00 bits per heavy atom. The summed E-state index contributed by atoms with van der Waals surface area (Å²) in [6.45, 7) is 3.87. The topological polar surface area (TPSA) is 58.2 Å². The van der Waals surface area contributed by atoms with E-state index in [1.165, 1.54) is 0 Å². The first-order valence-electron chi connectivity index (χ1n) is 10.3. The van der Waals surface area contributed by atoms with Gasteiger partial charge in [0.25, 0.3) is 0 Å². The normalized spacial score (nSPS) is 10.5. The average molecular weight is 401 g/mol. The number of benzene rings is 3. The third-order valence-electron chi connectivity index (χ3n) is 5.09. The third kappa shape index (κ3) is 6.31. The van der Waals surface area contributed by atoms with Crippen molar-refractivity contribution in [1.29, 1.82) is 0 Å². The van der Waals surface area contributed by atoms with E-state index in [1.54, 1.807) is 0 Å². The molecule has 3 aromatic carbocycles. The first-order chi connectivity index (χ1) is 14.5. The Hall–Kier alpha value is -3.40. The minimum Gasteiger partial charge on any atom is -0.326 e. The lowest BCUT2D eigenvalue weighted by Crippen LogP contribution is -2.15. The maximum Gasteiger partial charge on any atom is 0.224 e. The summed E-state index contributed by atoms with van der Waals surface area (Å²) in [5.41, 5.74) is 5.71. The molecule has 0 aliphatic rings. The lowest BCUT2D eigenvalue weighted by Gasteiger charge is -2.14. The highest BCUT2D eigenvalue weighted by Gasteiger charge is 2.11. The van der Waals surface area contributed by atoms with Crippen molar-refractivity contribution in [2.75, 3.05) is 10.6 Å². The van der Waals surface area contributed by atoms with Gasteiger partial charge in [-0.15, -0.1) is 0 Å². The number of aryl methyl sites for hydroxylation is 4. The smallest absolute Gasteiger partial charge is 0.224 e. The highest BCUT2D eigenvalue weighted by Crippen LogP contribution is 2.25. The molecule has 0 saturated carbocycles. The SMILES string of the molecule is Cc1cc(NC(=O)CCc2ccccc2)c(C)cc1NC(=O)CCc1ccccc1. The summed E-state index contributed by atoms with van der Waals surface area (Å²) in [5.74, 6) is -0.0259. The summed E-state index contributed by atoms with van der Waals surface area (Å²) < 4.78 is 0. The van der Waals surface area contributed by atoms with E-state index in [2.05, 4.69) is 10.6 Å². The van der Waals surface area contributed by atoms with Crippen molar-refractivity contribution in [1.82, 2.24) is 0 Å². The highest BCUT2D eigenvalue weighted by molar-refractivity contribution is 5.94. The standard InChI is InChI=1S/C26H28N2O2/c1-19-17-24(28-26(30)16-14-22-11-7-4-8-12-22)20(2)18-23(19)27-25(29)15-13-21-9-5-3-6-10-21/h3-12,17-18H,13-16H2,1-2H3,(H,27,29)(H,28,30). The summed E-state index contributed by atoms with van der Waals surface area (Å²) in [6, 6.07) is 23.8. The fourth-order valence-electron chi connectivity index (χ4n) is 3.32. The molecule has 0 aromatic heterocycles. The van der Waals surface area contributed by atoms with Gasteiger partial charge in [0.05, 0.1) is 0 Å². The van der Waals surface area contributed by atoms with E-state index >= 15 is 0 Å². The fourth-order valence-corrected chi connectivity index (χ4v) is 3.32. The third-order valence-corrected chi connectivity index (χ3v) is 5.09. The Labute approximate surface area is 178 Å². The molecular formula is C26H28N2O2. The van der Waals surface area contributed by atoms with Crippen LogP contribution in [0.1, 0.15) is 35.1 Å². The molecule has 2 amide bonds. The van der Waals surface area contributed by atoms with Crippen LogP contribution in [0.2, 0.25) is 0 Å². The Bertz CT molecular complexity index is 915. The van der Waals surface area contributed by atoms with Gasteiger partial charge in [-0.2, -0.15) is 0 Å². The number of hydrogen-bond acceptors (Lipinski definition) is 2. The Morgan fingerprint density at radius 1 is 0.633 bits per heavy atom. The molecule has 0 unspecified atom stereocenters. The number of rotatable bonds is 8. The van der Waals surface area contributed by atoms with E-state index in [0.29, 0.717) is 25.7 Å². The van der Waals surface area contributed by atoms with Crippen LogP contribution in [-0.4, -0.2) is 11.8 Å². The number of anilines is 2. The second-order valence-electron chi connectivity index (χ2n) is 7.55. The summed E-state index contributed by atoms with van der Waals surface area (Å²) in [7, 11) is 0. The molecular weight excluding hydrogens is 372 g/mol. The van der Waals surface area contributed by atoms with Gasteiger partial charge in [-0.3, -0.25) is 9.59 Å². The van der Waals surface area contributed by atoms with Gasteiger partial charge in [0, 0.05) is 24.2 Å². The lowest BCUT2D eigenvalue weighted by atomic mass is 10.1. The molecule has 0 saturated heterocycles. The molecule has 0 heterocycles. The largest absolute Gasteiger partial charge is 0.326 e. The molecule has 0 aliphatic carbocycles. The molecule has 0 radical (unpaired) electrons. The second-order valence-corrected chi connectivity index (χ2v) is 7.55. The number of carbonyl (C=O) groups excluding carboxylic acids is 2. The van der Waals surface area contributed by atoms with Gasteiger partial charge in [-0.1, -0.05) is 60.7 Å². The molecule has 3 rings (SSSR count). The zero-order chi connectivity index (χ0) is 21.3. The van der Waals surface area contributed by atoms with Crippen LogP contribution >= 0.6 is 0 Å². The van der Waals surface area contributed by atoms with Crippen molar-refractivity contribution >= 4 is 23.2 Å². The van der Waals surface area contributed by atoms with Crippen LogP contribution in [0.4, 0.5) is 11.4 Å². The molecule has 2 N–H and O–H groups in total. The molecule has 0 bridgehead atoms. The maximum atomic E-state index is 12.4. The van der Waals surface area contributed by atoms with Crippen LogP contribution in [0.15, 0.2) is 72.8 Å². The predicted molar refractivity (Wildman–Crippen MR) is 123 cm³/mol. The van der Waals surface area contributed by atoms with E-state index in [0.717, 1.165) is 33.6 Å². The van der Waals surface area contributed by atoms with Gasteiger partial charge in [0.2, 0.25) is 11.8 Å². The van der Waals surface area contributed by atoms with Crippen molar-refractivity contribution in [3.63, 3.8) is 0 Å². The van der Waals surface area contributed by atoms with Crippen molar-refractivity contribution in [3.05, 3.63) is 95.1 Å². The Balaban J connectivity index is 1.55. The molecule has 4 heteroatoms. The summed E-state index contributed by atoms with van der Waals surface area (Å²) in [6.07, 6.45) is 2.28. The fraction of sp³-hybridized carbons (Fsp3) is 0.231. The zero-order valence-electron chi connectivity index (χ0n) is 17.6. The van der Waals surface area contributed by atoms with E-state index in [9.17, 15) is 9.59 Å². The Kier molecular flexibility index (Phi) is 7.39. The number of amides is 2. The van der Waals surface area contributed by atoms with E-state index in [4.69, 9.17) is 0 Å². The second kappa shape index (κ2) is 10.4. The average Bonchev–Trinajstić information content (AvgIpc) is 2.76. The van der Waals surface area contributed by atoms with Crippen molar-refractivity contribution in [3.8, 4) is 0 Å². The number of hydrogen-bond donors (Lipinski definition) is 2. The quantitative estimate of drug-likeness (QED) is 0.528. The Morgan fingerprint density at radius 3 is 1.37 bits per heavy atom. The van der Waals surface area contributed by atoms with Gasteiger partial charge in [0.1, 0.15) is 0 Å². The van der Waals surface area contributed by atoms with Crippen molar-refractivity contribution < 1.29 is 9.59 Å². The zero-order valence-corrected chi connectivity index (χ0v) is 17.6. The van der Waals surface area contributed by atoms with Crippen LogP contribution in [0.3, 0.4) is 0 Å². The van der Waals surface area contributed by atoms with Gasteiger partial charge < -0.3 is 10.6 Å². The van der Waals surface area contributed by atoms with Gasteiger partial charge in [-0.05, 0) is 61.1 Å². The van der Waals surface area contributed by atoms with Crippen LogP contribution in [0.25, 0.3) is 0 Å². The van der Waals surface area contributed by atoms with E-state index in [1.807, 2.05) is 86.6 Å². The molecule has 0 fully saturated rings. The molecule has 30 heavy (non-hydrogen) atoms. The maximum absolute atomic E-state index is 12.4. The van der Waals surface area contributed by atoms with Crippen LogP contribution in [0, 0.1) is 13.8 Å². The van der Waals surface area contributed by atoms with Crippen LogP contribution in [-0.2, 0) is 22.4 Å². The molecule has 0 aliphatic heterocycles. The van der Waals surface area contributed by atoms with E-state index < -0.39 is 0 Å². The predicted octanol–water partition coefficient (Wildman–Crippen LogP) is 5.45. The molecule has 0 atom stereocenters. The minimum atomic E-state index is -0.0130. The molecule has 0 spiro atoms. The first kappa shape index (κ1) is 21.3. The minimum absolute atomic E-state index is 0.0130. The number of nitrogens with one attached hydrogen (secondary N) is 2. The van der Waals surface area contributed by atoms with Crippen LogP contribution in [0.5, 0.6) is 0 Å². The van der Waals surface area contributed by atoms with Crippen molar-refractivity contribution in [2.45, 2.75) is 39.5 Å². The summed E-state index contributed by atoms with van der Waals surface area (Å²) in [5, 5.41) is 5.99. The summed E-state index contributed by atoms with van der Waals surface area (Å²) >= 11 is 0. The van der Waals surface area contributed by atoms with Gasteiger partial charge in [0.15, 0.2) is 0 Å². The number of carbonyl (C=O) groups is 2. The summed E-state index contributed by atoms with van der Waals surface area (Å²) in [4.78, 5) is 24.7.